The van der Waals surface area contributed by atoms with Crippen molar-refractivity contribution >= 4 is 17.5 Å². The predicted molar refractivity (Wildman–Crippen MR) is 74.0 cm³/mol. The number of aryl methyl sites for hydroxylation is 1. The fraction of sp³-hybridized carbons (Fsp3) is 0.308. The molecule has 0 aliphatic rings. The molecule has 96 valence electrons. The van der Waals surface area contributed by atoms with E-state index in [-0.39, 0.29) is 0 Å². The molecule has 0 radical (unpaired) electrons. The average molecular weight is 266 g/mol. The smallest absolute Gasteiger partial charge is 0.207 e. The minimum absolute atomic E-state index is 0.666. The van der Waals surface area contributed by atoms with E-state index in [1.807, 2.05) is 36.7 Å². The second kappa shape index (κ2) is 5.31. The number of methoxy groups -OCH3 is 1. The lowest BCUT2D eigenvalue weighted by molar-refractivity contribution is 0.413. The Hall–Kier alpha value is -1.68. The first-order valence-electron chi connectivity index (χ1n) is 5.79. The summed E-state index contributed by atoms with van der Waals surface area (Å²) in [5.74, 6) is 1.55. The first kappa shape index (κ1) is 12.8. The van der Waals surface area contributed by atoms with Gasteiger partial charge in [-0.3, -0.25) is 4.57 Å². The number of rotatable bonds is 4. The van der Waals surface area contributed by atoms with Crippen molar-refractivity contribution in [1.82, 2.24) is 9.55 Å². The Kier molecular flexibility index (Phi) is 3.77. The minimum atomic E-state index is 0.666. The largest absolute Gasteiger partial charge is 0.495 e. The van der Waals surface area contributed by atoms with Gasteiger partial charge >= 0.3 is 0 Å². The zero-order valence-corrected chi connectivity index (χ0v) is 11.5. The van der Waals surface area contributed by atoms with Crippen LogP contribution in [0.3, 0.4) is 0 Å². The van der Waals surface area contributed by atoms with E-state index >= 15 is 0 Å². The number of hydrogen-bond donors (Lipinski definition) is 1. The first-order chi connectivity index (χ1) is 8.65. The third-order valence-electron chi connectivity index (χ3n) is 2.56. The van der Waals surface area contributed by atoms with E-state index in [0.717, 1.165) is 29.6 Å². The highest BCUT2D eigenvalue weighted by atomic mass is 35.5. The highest BCUT2D eigenvalue weighted by molar-refractivity contribution is 6.30. The average Bonchev–Trinajstić information content (AvgIpc) is 2.71. The second-order valence-electron chi connectivity index (χ2n) is 3.92. The summed E-state index contributed by atoms with van der Waals surface area (Å²) < 4.78 is 7.31. The van der Waals surface area contributed by atoms with E-state index in [2.05, 4.69) is 10.3 Å². The van der Waals surface area contributed by atoms with E-state index in [9.17, 15) is 0 Å². The maximum Gasteiger partial charge on any atom is 0.207 e. The molecule has 1 aromatic heterocycles. The van der Waals surface area contributed by atoms with Crippen LogP contribution in [0.25, 0.3) is 5.69 Å². The lowest BCUT2D eigenvalue weighted by Gasteiger charge is -2.12. The summed E-state index contributed by atoms with van der Waals surface area (Å²) in [6.45, 7) is 4.79. The first-order valence-corrected chi connectivity index (χ1v) is 6.17. The highest BCUT2D eigenvalue weighted by Crippen LogP contribution is 2.29. The molecule has 2 aromatic rings. The maximum absolute atomic E-state index is 6.05. The van der Waals surface area contributed by atoms with Gasteiger partial charge in [-0.05, 0) is 32.0 Å². The van der Waals surface area contributed by atoms with Crippen molar-refractivity contribution in [2.75, 3.05) is 19.0 Å². The van der Waals surface area contributed by atoms with Crippen molar-refractivity contribution in [3.05, 3.63) is 35.1 Å². The van der Waals surface area contributed by atoms with Gasteiger partial charge in [-0.1, -0.05) is 11.6 Å². The molecule has 18 heavy (non-hydrogen) atoms. The van der Waals surface area contributed by atoms with Crippen LogP contribution < -0.4 is 10.1 Å². The van der Waals surface area contributed by atoms with Crippen LogP contribution in [0, 0.1) is 6.92 Å². The molecule has 0 aliphatic carbocycles. The monoisotopic (exact) mass is 265 g/mol. The van der Waals surface area contributed by atoms with Crippen molar-refractivity contribution in [3.8, 4) is 11.4 Å². The van der Waals surface area contributed by atoms with Crippen molar-refractivity contribution in [3.63, 3.8) is 0 Å². The molecule has 0 bridgehead atoms. The molecule has 2 rings (SSSR count). The SMILES string of the molecule is CCNc1nc(C)cn1-c1cc(Cl)ccc1OC. The van der Waals surface area contributed by atoms with Crippen LogP contribution in [0.4, 0.5) is 5.95 Å². The molecule has 1 heterocycles. The number of imidazole rings is 1. The van der Waals surface area contributed by atoms with Crippen molar-refractivity contribution in [1.29, 1.82) is 0 Å². The summed E-state index contributed by atoms with van der Waals surface area (Å²) in [5.41, 5.74) is 1.81. The van der Waals surface area contributed by atoms with Crippen LogP contribution in [0.15, 0.2) is 24.4 Å². The molecule has 5 heteroatoms. The maximum atomic E-state index is 6.05. The van der Waals surface area contributed by atoms with Crippen molar-refractivity contribution < 1.29 is 4.74 Å². The molecule has 1 N–H and O–H groups in total. The Morgan fingerprint density at radius 1 is 1.44 bits per heavy atom. The zero-order valence-electron chi connectivity index (χ0n) is 10.7. The molecule has 0 aliphatic heterocycles. The number of nitrogens with zero attached hydrogens (tertiary/aromatic N) is 2. The van der Waals surface area contributed by atoms with Gasteiger partial charge in [-0.2, -0.15) is 0 Å². The van der Waals surface area contributed by atoms with Crippen LogP contribution in [0.1, 0.15) is 12.6 Å². The third-order valence-corrected chi connectivity index (χ3v) is 2.80. The molecule has 0 amide bonds. The van der Waals surface area contributed by atoms with Gasteiger partial charge in [0.15, 0.2) is 0 Å². The molecular formula is C13H16ClN3O. The van der Waals surface area contributed by atoms with Crippen LogP contribution in [0.5, 0.6) is 5.75 Å². The number of nitrogens with one attached hydrogen (secondary N) is 1. The molecule has 0 fully saturated rings. The van der Waals surface area contributed by atoms with E-state index in [4.69, 9.17) is 16.3 Å². The summed E-state index contributed by atoms with van der Waals surface area (Å²) in [5, 5.41) is 3.89. The predicted octanol–water partition coefficient (Wildman–Crippen LogP) is 3.27. The normalized spacial score (nSPS) is 10.4. The lowest BCUT2D eigenvalue weighted by Crippen LogP contribution is -2.06. The van der Waals surface area contributed by atoms with E-state index in [1.54, 1.807) is 13.2 Å². The van der Waals surface area contributed by atoms with Crippen LogP contribution >= 0.6 is 11.6 Å². The molecule has 0 saturated carbocycles. The number of aromatic nitrogens is 2. The Morgan fingerprint density at radius 2 is 2.22 bits per heavy atom. The molecular weight excluding hydrogens is 250 g/mol. The minimum Gasteiger partial charge on any atom is -0.495 e. The Bertz CT molecular complexity index is 551. The number of benzene rings is 1. The van der Waals surface area contributed by atoms with E-state index in [0.29, 0.717) is 5.02 Å². The van der Waals surface area contributed by atoms with Gasteiger partial charge in [-0.15, -0.1) is 0 Å². The highest BCUT2D eigenvalue weighted by Gasteiger charge is 2.11. The Morgan fingerprint density at radius 3 is 2.89 bits per heavy atom. The van der Waals surface area contributed by atoms with Gasteiger partial charge in [0.25, 0.3) is 0 Å². The third kappa shape index (κ3) is 2.43. The summed E-state index contributed by atoms with van der Waals surface area (Å²) in [7, 11) is 1.64. The fourth-order valence-electron chi connectivity index (χ4n) is 1.82. The van der Waals surface area contributed by atoms with Gasteiger partial charge in [0.1, 0.15) is 5.75 Å². The van der Waals surface area contributed by atoms with Crippen LogP contribution in [0.2, 0.25) is 5.02 Å². The Balaban J connectivity index is 2.56. The molecule has 0 unspecified atom stereocenters. The molecule has 0 spiro atoms. The number of anilines is 1. The topological polar surface area (TPSA) is 39.1 Å². The second-order valence-corrected chi connectivity index (χ2v) is 4.36. The van der Waals surface area contributed by atoms with Gasteiger partial charge in [0, 0.05) is 17.8 Å². The number of halogens is 1. The van der Waals surface area contributed by atoms with Crippen molar-refractivity contribution in [2.45, 2.75) is 13.8 Å². The lowest BCUT2D eigenvalue weighted by atomic mass is 10.3. The molecule has 0 saturated heterocycles. The van der Waals surface area contributed by atoms with Crippen molar-refractivity contribution in [2.24, 2.45) is 0 Å². The van der Waals surface area contributed by atoms with Crippen LogP contribution in [-0.4, -0.2) is 23.2 Å². The number of hydrogen-bond acceptors (Lipinski definition) is 3. The van der Waals surface area contributed by atoms with Gasteiger partial charge in [0.2, 0.25) is 5.95 Å². The standard InChI is InChI=1S/C13H16ClN3O/c1-4-15-13-16-9(2)8-17(13)11-7-10(14)5-6-12(11)18-3/h5-8H,4H2,1-3H3,(H,15,16). The van der Waals surface area contributed by atoms with E-state index in [1.165, 1.54) is 0 Å². The van der Waals surface area contributed by atoms with E-state index < -0.39 is 0 Å². The molecule has 4 nitrogen and oxygen atoms in total. The van der Waals surface area contributed by atoms with Gasteiger partial charge in [0.05, 0.1) is 18.5 Å². The van der Waals surface area contributed by atoms with Gasteiger partial charge < -0.3 is 10.1 Å². The fourth-order valence-corrected chi connectivity index (χ4v) is 1.98. The zero-order chi connectivity index (χ0) is 13.1. The summed E-state index contributed by atoms with van der Waals surface area (Å²) >= 11 is 6.05. The van der Waals surface area contributed by atoms with Gasteiger partial charge in [-0.25, -0.2) is 4.98 Å². The summed E-state index contributed by atoms with van der Waals surface area (Å²) in [6.07, 6.45) is 1.95. The van der Waals surface area contributed by atoms with Crippen LogP contribution in [-0.2, 0) is 0 Å². The summed E-state index contributed by atoms with van der Waals surface area (Å²) in [4.78, 5) is 4.44. The molecule has 0 atom stereocenters. The quantitative estimate of drug-likeness (QED) is 0.922. The number of ether oxygens (including phenoxy) is 1. The molecule has 1 aromatic carbocycles. The Labute approximate surface area is 112 Å². The summed E-state index contributed by atoms with van der Waals surface area (Å²) in [6, 6.07) is 5.52.